The summed E-state index contributed by atoms with van der Waals surface area (Å²) in [6, 6.07) is 14.1. The highest BCUT2D eigenvalue weighted by atomic mass is 35.5. The molecule has 20 heavy (non-hydrogen) atoms. The standard InChI is InChI=1S/C16H16ClN3/c1-20-15-13(17)6-3-7-14(15)19-16(20)12-5-2-4-11(10-12)8-9-18/h2-7,10H,8-9,18H2,1H3. The van der Waals surface area contributed by atoms with Gasteiger partial charge in [0.05, 0.1) is 16.1 Å². The molecule has 3 rings (SSSR count). The number of rotatable bonds is 3. The Labute approximate surface area is 123 Å². The smallest absolute Gasteiger partial charge is 0.140 e. The first-order chi connectivity index (χ1) is 9.70. The van der Waals surface area contributed by atoms with E-state index in [1.54, 1.807) is 0 Å². The second kappa shape index (κ2) is 5.27. The van der Waals surface area contributed by atoms with E-state index in [9.17, 15) is 0 Å². The summed E-state index contributed by atoms with van der Waals surface area (Å²) in [5.41, 5.74) is 9.82. The van der Waals surface area contributed by atoms with Crippen LogP contribution in [0.2, 0.25) is 5.02 Å². The molecule has 1 aromatic heterocycles. The van der Waals surface area contributed by atoms with Crippen LogP contribution >= 0.6 is 11.6 Å². The molecule has 0 spiro atoms. The van der Waals surface area contributed by atoms with Crippen molar-refractivity contribution in [3.8, 4) is 11.4 Å². The average Bonchev–Trinajstić information content (AvgIpc) is 2.78. The van der Waals surface area contributed by atoms with Gasteiger partial charge in [0.15, 0.2) is 0 Å². The second-order valence-electron chi connectivity index (χ2n) is 4.84. The Morgan fingerprint density at radius 3 is 2.75 bits per heavy atom. The molecule has 0 unspecified atom stereocenters. The minimum atomic E-state index is 0.651. The molecular formula is C16H16ClN3. The lowest BCUT2D eigenvalue weighted by Gasteiger charge is -2.05. The Kier molecular flexibility index (Phi) is 3.47. The molecular weight excluding hydrogens is 270 g/mol. The van der Waals surface area contributed by atoms with Crippen LogP contribution in [0, 0.1) is 0 Å². The molecule has 0 atom stereocenters. The minimum absolute atomic E-state index is 0.651. The zero-order valence-electron chi connectivity index (χ0n) is 11.3. The van der Waals surface area contributed by atoms with Crippen LogP contribution in [-0.2, 0) is 13.5 Å². The normalized spacial score (nSPS) is 11.2. The molecule has 0 radical (unpaired) electrons. The van der Waals surface area contributed by atoms with Crippen molar-refractivity contribution in [1.29, 1.82) is 0 Å². The summed E-state index contributed by atoms with van der Waals surface area (Å²) >= 11 is 6.27. The van der Waals surface area contributed by atoms with E-state index in [-0.39, 0.29) is 0 Å². The van der Waals surface area contributed by atoms with Gasteiger partial charge in [-0.25, -0.2) is 4.98 Å². The second-order valence-corrected chi connectivity index (χ2v) is 5.25. The van der Waals surface area contributed by atoms with Gasteiger partial charge in [0.25, 0.3) is 0 Å². The maximum atomic E-state index is 6.27. The summed E-state index contributed by atoms with van der Waals surface area (Å²) in [7, 11) is 1.99. The molecule has 0 aliphatic rings. The summed E-state index contributed by atoms with van der Waals surface area (Å²) in [5.74, 6) is 0.923. The average molecular weight is 286 g/mol. The number of halogens is 1. The van der Waals surface area contributed by atoms with Gasteiger partial charge in [0.1, 0.15) is 5.82 Å². The summed E-state index contributed by atoms with van der Waals surface area (Å²) in [5, 5.41) is 0.724. The van der Waals surface area contributed by atoms with Crippen molar-refractivity contribution in [3.05, 3.63) is 53.1 Å². The van der Waals surface area contributed by atoms with Crippen LogP contribution in [0.15, 0.2) is 42.5 Å². The molecule has 102 valence electrons. The van der Waals surface area contributed by atoms with Crippen LogP contribution in [0.4, 0.5) is 0 Å². The molecule has 0 aliphatic carbocycles. The van der Waals surface area contributed by atoms with Crippen LogP contribution in [0.25, 0.3) is 22.4 Å². The van der Waals surface area contributed by atoms with E-state index in [1.807, 2.05) is 35.9 Å². The Bertz CT molecular complexity index is 762. The van der Waals surface area contributed by atoms with Crippen LogP contribution in [0.5, 0.6) is 0 Å². The van der Waals surface area contributed by atoms with Gasteiger partial charge in [-0.2, -0.15) is 0 Å². The van der Waals surface area contributed by atoms with Gasteiger partial charge < -0.3 is 10.3 Å². The largest absolute Gasteiger partial charge is 0.330 e. The lowest BCUT2D eigenvalue weighted by atomic mass is 10.1. The van der Waals surface area contributed by atoms with Crippen molar-refractivity contribution in [2.45, 2.75) is 6.42 Å². The summed E-state index contributed by atoms with van der Waals surface area (Å²) in [6.07, 6.45) is 0.874. The first-order valence-corrected chi connectivity index (χ1v) is 6.99. The van der Waals surface area contributed by atoms with Crippen LogP contribution < -0.4 is 5.73 Å². The maximum Gasteiger partial charge on any atom is 0.140 e. The number of fused-ring (bicyclic) bond motifs is 1. The summed E-state index contributed by atoms with van der Waals surface area (Å²) in [4.78, 5) is 4.69. The molecule has 4 heteroatoms. The van der Waals surface area contributed by atoms with Crippen molar-refractivity contribution in [1.82, 2.24) is 9.55 Å². The van der Waals surface area contributed by atoms with E-state index in [4.69, 9.17) is 22.3 Å². The third-order valence-electron chi connectivity index (χ3n) is 3.46. The molecule has 2 N–H and O–H groups in total. The van der Waals surface area contributed by atoms with E-state index < -0.39 is 0 Å². The van der Waals surface area contributed by atoms with Gasteiger partial charge in [-0.1, -0.05) is 35.9 Å². The number of para-hydroxylation sites is 1. The van der Waals surface area contributed by atoms with Gasteiger partial charge in [0.2, 0.25) is 0 Å². The SMILES string of the molecule is Cn1c(-c2cccc(CCN)c2)nc2cccc(Cl)c21. The van der Waals surface area contributed by atoms with E-state index in [0.717, 1.165) is 33.9 Å². The highest BCUT2D eigenvalue weighted by Gasteiger charge is 2.12. The van der Waals surface area contributed by atoms with Crippen LogP contribution in [-0.4, -0.2) is 16.1 Å². The van der Waals surface area contributed by atoms with E-state index >= 15 is 0 Å². The number of nitrogens with two attached hydrogens (primary N) is 1. The van der Waals surface area contributed by atoms with Crippen molar-refractivity contribution in [2.75, 3.05) is 6.54 Å². The zero-order chi connectivity index (χ0) is 14.1. The van der Waals surface area contributed by atoms with Crippen molar-refractivity contribution >= 4 is 22.6 Å². The summed E-state index contributed by atoms with van der Waals surface area (Å²) < 4.78 is 2.04. The highest BCUT2D eigenvalue weighted by molar-refractivity contribution is 6.35. The van der Waals surface area contributed by atoms with Crippen molar-refractivity contribution in [2.24, 2.45) is 12.8 Å². The van der Waals surface area contributed by atoms with Gasteiger partial charge in [-0.3, -0.25) is 0 Å². The predicted octanol–water partition coefficient (Wildman–Crippen LogP) is 3.39. The molecule has 1 heterocycles. The molecule has 3 nitrogen and oxygen atoms in total. The van der Waals surface area contributed by atoms with E-state index in [0.29, 0.717) is 6.54 Å². The highest BCUT2D eigenvalue weighted by Crippen LogP contribution is 2.28. The number of imidazole rings is 1. The molecule has 0 saturated carbocycles. The molecule has 0 fully saturated rings. The van der Waals surface area contributed by atoms with Gasteiger partial charge in [0, 0.05) is 12.6 Å². The van der Waals surface area contributed by atoms with Crippen molar-refractivity contribution in [3.63, 3.8) is 0 Å². The predicted molar refractivity (Wildman–Crippen MR) is 83.9 cm³/mol. The number of nitrogens with zero attached hydrogens (tertiary/aromatic N) is 2. The first-order valence-electron chi connectivity index (χ1n) is 6.61. The first kappa shape index (κ1) is 13.2. The molecule has 0 saturated heterocycles. The fourth-order valence-corrected chi connectivity index (χ4v) is 2.81. The molecule has 3 aromatic rings. The lowest BCUT2D eigenvalue weighted by molar-refractivity contribution is 0.951. The zero-order valence-corrected chi connectivity index (χ0v) is 12.1. The third kappa shape index (κ3) is 2.19. The lowest BCUT2D eigenvalue weighted by Crippen LogP contribution is -2.02. The third-order valence-corrected chi connectivity index (χ3v) is 3.77. The van der Waals surface area contributed by atoms with E-state index in [1.165, 1.54) is 5.56 Å². The quantitative estimate of drug-likeness (QED) is 0.801. The Hall–Kier alpha value is -1.84. The summed E-state index contributed by atoms with van der Waals surface area (Å²) in [6.45, 7) is 0.651. The number of hydrogen-bond acceptors (Lipinski definition) is 2. The minimum Gasteiger partial charge on any atom is -0.330 e. The van der Waals surface area contributed by atoms with Crippen LogP contribution in [0.3, 0.4) is 0 Å². The Balaban J connectivity index is 2.17. The number of aromatic nitrogens is 2. The Morgan fingerprint density at radius 2 is 2.00 bits per heavy atom. The Morgan fingerprint density at radius 1 is 1.20 bits per heavy atom. The molecule has 0 bridgehead atoms. The fraction of sp³-hybridized carbons (Fsp3) is 0.188. The maximum absolute atomic E-state index is 6.27. The topological polar surface area (TPSA) is 43.8 Å². The molecule has 0 aliphatic heterocycles. The van der Waals surface area contributed by atoms with Gasteiger partial charge >= 0.3 is 0 Å². The van der Waals surface area contributed by atoms with Crippen LogP contribution in [0.1, 0.15) is 5.56 Å². The monoisotopic (exact) mass is 285 g/mol. The van der Waals surface area contributed by atoms with Gasteiger partial charge in [-0.05, 0) is 36.7 Å². The number of benzene rings is 2. The fourth-order valence-electron chi connectivity index (χ4n) is 2.51. The molecule has 0 amide bonds. The van der Waals surface area contributed by atoms with Crippen molar-refractivity contribution < 1.29 is 0 Å². The number of aryl methyl sites for hydroxylation is 1. The van der Waals surface area contributed by atoms with Gasteiger partial charge in [-0.15, -0.1) is 0 Å². The number of hydrogen-bond donors (Lipinski definition) is 1. The molecule has 2 aromatic carbocycles. The van der Waals surface area contributed by atoms with E-state index in [2.05, 4.69) is 18.2 Å².